The third kappa shape index (κ3) is 3.21. The van der Waals surface area contributed by atoms with Crippen LogP contribution in [0.3, 0.4) is 0 Å². The van der Waals surface area contributed by atoms with Gasteiger partial charge in [0.05, 0.1) is 13.5 Å². The van der Waals surface area contributed by atoms with E-state index in [0.717, 1.165) is 0 Å². The van der Waals surface area contributed by atoms with E-state index >= 15 is 0 Å². The Morgan fingerprint density at radius 3 is 2.53 bits per heavy atom. The zero-order valence-corrected chi connectivity index (χ0v) is 10.2. The second-order valence-electron chi connectivity index (χ2n) is 4.00. The summed E-state index contributed by atoms with van der Waals surface area (Å²) in [6.45, 7) is 0. The Balaban J connectivity index is 1.90. The number of imide groups is 1. The van der Waals surface area contributed by atoms with Crippen molar-refractivity contribution in [1.82, 2.24) is 10.6 Å². The van der Waals surface area contributed by atoms with Gasteiger partial charge < -0.3 is 15.4 Å². The van der Waals surface area contributed by atoms with Crippen molar-refractivity contribution in [2.45, 2.75) is 12.5 Å². The lowest BCUT2D eigenvalue weighted by Gasteiger charge is -2.08. The van der Waals surface area contributed by atoms with Crippen molar-refractivity contribution in [3.05, 3.63) is 24.3 Å². The number of methoxy groups -OCH3 is 1. The molecular formula is C12H13N3O4. The van der Waals surface area contributed by atoms with E-state index in [-0.39, 0.29) is 12.3 Å². The number of amides is 4. The highest BCUT2D eigenvalue weighted by Gasteiger charge is 2.31. The number of carbonyl (C=O) groups is 3. The third-order valence-corrected chi connectivity index (χ3v) is 2.62. The van der Waals surface area contributed by atoms with Crippen LogP contribution < -0.4 is 20.7 Å². The summed E-state index contributed by atoms with van der Waals surface area (Å²) in [6, 6.07) is 5.39. The second kappa shape index (κ2) is 5.38. The van der Waals surface area contributed by atoms with Gasteiger partial charge >= 0.3 is 6.03 Å². The standard InChI is InChI=1S/C12H13N3O4/c1-19-8-4-2-7(3-5-8)13-10(16)6-9-11(17)15-12(18)14-9/h2-5,9H,6H2,1H3,(H,13,16)(H2,14,15,17,18). The average molecular weight is 263 g/mol. The maximum atomic E-state index is 11.7. The molecule has 0 radical (unpaired) electrons. The van der Waals surface area contributed by atoms with Gasteiger partial charge in [0.2, 0.25) is 5.91 Å². The van der Waals surface area contributed by atoms with Crippen molar-refractivity contribution in [3.63, 3.8) is 0 Å². The monoisotopic (exact) mass is 263 g/mol. The largest absolute Gasteiger partial charge is 0.497 e. The minimum atomic E-state index is -0.814. The number of hydrogen-bond acceptors (Lipinski definition) is 4. The van der Waals surface area contributed by atoms with E-state index in [4.69, 9.17) is 4.74 Å². The van der Waals surface area contributed by atoms with E-state index in [9.17, 15) is 14.4 Å². The van der Waals surface area contributed by atoms with Gasteiger partial charge in [-0.05, 0) is 24.3 Å². The zero-order valence-electron chi connectivity index (χ0n) is 10.2. The molecule has 1 atom stereocenters. The molecule has 7 heteroatoms. The van der Waals surface area contributed by atoms with E-state index in [1.165, 1.54) is 0 Å². The molecule has 100 valence electrons. The highest BCUT2D eigenvalue weighted by Crippen LogP contribution is 2.15. The Labute approximate surface area is 109 Å². The average Bonchev–Trinajstić information content (AvgIpc) is 2.68. The number of urea groups is 1. The molecule has 1 aliphatic heterocycles. The van der Waals surface area contributed by atoms with Gasteiger partial charge in [0.25, 0.3) is 5.91 Å². The molecule has 0 aromatic heterocycles. The molecule has 7 nitrogen and oxygen atoms in total. The van der Waals surface area contributed by atoms with Crippen LogP contribution in [-0.4, -0.2) is 31.0 Å². The van der Waals surface area contributed by atoms with Gasteiger partial charge in [0.15, 0.2) is 0 Å². The molecule has 1 fully saturated rings. The number of nitrogens with one attached hydrogen (secondary N) is 3. The molecule has 19 heavy (non-hydrogen) atoms. The molecule has 1 aromatic rings. The summed E-state index contributed by atoms with van der Waals surface area (Å²) in [4.78, 5) is 33.9. The highest BCUT2D eigenvalue weighted by atomic mass is 16.5. The normalized spacial score (nSPS) is 17.6. The van der Waals surface area contributed by atoms with Crippen molar-refractivity contribution in [2.75, 3.05) is 12.4 Å². The number of benzene rings is 1. The fraction of sp³-hybridized carbons (Fsp3) is 0.250. The second-order valence-corrected chi connectivity index (χ2v) is 4.00. The topological polar surface area (TPSA) is 96.5 Å². The molecule has 0 spiro atoms. The maximum Gasteiger partial charge on any atom is 0.322 e. The van der Waals surface area contributed by atoms with E-state index in [1.54, 1.807) is 31.4 Å². The predicted molar refractivity (Wildman–Crippen MR) is 66.7 cm³/mol. The van der Waals surface area contributed by atoms with Crippen LogP contribution in [0, 0.1) is 0 Å². The lowest BCUT2D eigenvalue weighted by Crippen LogP contribution is -2.33. The van der Waals surface area contributed by atoms with Gasteiger partial charge in [-0.3, -0.25) is 14.9 Å². The first-order valence-electron chi connectivity index (χ1n) is 5.64. The number of rotatable bonds is 4. The van der Waals surface area contributed by atoms with Gasteiger partial charge in [-0.25, -0.2) is 4.79 Å². The summed E-state index contributed by atoms with van der Waals surface area (Å²) in [6.07, 6.45) is -0.108. The van der Waals surface area contributed by atoms with Crippen molar-refractivity contribution < 1.29 is 19.1 Å². The number of ether oxygens (including phenoxy) is 1. The van der Waals surface area contributed by atoms with E-state index < -0.39 is 18.0 Å². The van der Waals surface area contributed by atoms with Crippen molar-refractivity contribution in [1.29, 1.82) is 0 Å². The molecule has 1 saturated heterocycles. The lowest BCUT2D eigenvalue weighted by molar-refractivity contribution is -0.124. The lowest BCUT2D eigenvalue weighted by atomic mass is 10.2. The van der Waals surface area contributed by atoms with Crippen molar-refractivity contribution >= 4 is 23.5 Å². The van der Waals surface area contributed by atoms with E-state index in [0.29, 0.717) is 11.4 Å². The van der Waals surface area contributed by atoms with Crippen LogP contribution in [0.2, 0.25) is 0 Å². The molecule has 2 rings (SSSR count). The van der Waals surface area contributed by atoms with Gasteiger partial charge in [0, 0.05) is 5.69 Å². The summed E-state index contributed by atoms with van der Waals surface area (Å²) in [5.74, 6) is -0.164. The van der Waals surface area contributed by atoms with Gasteiger partial charge in [-0.1, -0.05) is 0 Å². The minimum absolute atomic E-state index is 0.108. The molecule has 1 aromatic carbocycles. The summed E-state index contributed by atoms with van der Waals surface area (Å²) in [5, 5.41) is 7.05. The molecule has 0 aliphatic carbocycles. The van der Waals surface area contributed by atoms with E-state index in [1.807, 2.05) is 0 Å². The SMILES string of the molecule is COc1ccc(NC(=O)CC2NC(=O)NC2=O)cc1. The minimum Gasteiger partial charge on any atom is -0.497 e. The fourth-order valence-corrected chi connectivity index (χ4v) is 1.67. The summed E-state index contributed by atoms with van der Waals surface area (Å²) in [5.41, 5.74) is 0.593. The first kappa shape index (κ1) is 12.9. The van der Waals surface area contributed by atoms with Gasteiger partial charge in [0.1, 0.15) is 11.8 Å². The quantitative estimate of drug-likeness (QED) is 0.677. The molecule has 0 bridgehead atoms. The third-order valence-electron chi connectivity index (χ3n) is 2.62. The summed E-state index contributed by atoms with van der Waals surface area (Å²) in [7, 11) is 1.55. The van der Waals surface area contributed by atoms with Gasteiger partial charge in [-0.2, -0.15) is 0 Å². The number of carbonyl (C=O) groups excluding carboxylic acids is 3. The Hall–Kier alpha value is -2.57. The summed E-state index contributed by atoms with van der Waals surface area (Å²) < 4.78 is 4.99. The molecular weight excluding hydrogens is 250 g/mol. The molecule has 1 unspecified atom stereocenters. The number of hydrogen-bond donors (Lipinski definition) is 3. The zero-order chi connectivity index (χ0) is 13.8. The van der Waals surface area contributed by atoms with Crippen LogP contribution in [-0.2, 0) is 9.59 Å². The van der Waals surface area contributed by atoms with Gasteiger partial charge in [-0.15, -0.1) is 0 Å². The summed E-state index contributed by atoms with van der Waals surface area (Å²) >= 11 is 0. The van der Waals surface area contributed by atoms with Crippen LogP contribution >= 0.6 is 0 Å². The number of anilines is 1. The first-order chi connectivity index (χ1) is 9.08. The highest BCUT2D eigenvalue weighted by molar-refractivity contribution is 6.06. The van der Waals surface area contributed by atoms with Crippen molar-refractivity contribution in [3.8, 4) is 5.75 Å². The maximum absolute atomic E-state index is 11.7. The smallest absolute Gasteiger partial charge is 0.322 e. The molecule has 1 aliphatic rings. The van der Waals surface area contributed by atoms with Crippen LogP contribution in [0.4, 0.5) is 10.5 Å². The first-order valence-corrected chi connectivity index (χ1v) is 5.64. The molecule has 3 N–H and O–H groups in total. The molecule has 1 heterocycles. The van der Waals surface area contributed by atoms with Crippen LogP contribution in [0.25, 0.3) is 0 Å². The van der Waals surface area contributed by atoms with Crippen LogP contribution in [0.15, 0.2) is 24.3 Å². The van der Waals surface area contributed by atoms with Crippen LogP contribution in [0.1, 0.15) is 6.42 Å². The predicted octanol–water partition coefficient (Wildman–Crippen LogP) is 0.232. The Bertz CT molecular complexity index is 512. The van der Waals surface area contributed by atoms with E-state index in [2.05, 4.69) is 16.0 Å². The Morgan fingerprint density at radius 1 is 1.32 bits per heavy atom. The van der Waals surface area contributed by atoms with Crippen LogP contribution in [0.5, 0.6) is 5.75 Å². The Morgan fingerprint density at radius 2 is 2.00 bits per heavy atom. The molecule has 0 saturated carbocycles. The fourth-order valence-electron chi connectivity index (χ4n) is 1.67. The van der Waals surface area contributed by atoms with Crippen molar-refractivity contribution in [2.24, 2.45) is 0 Å². The Kier molecular flexibility index (Phi) is 3.65. The molecule has 4 amide bonds.